The van der Waals surface area contributed by atoms with Crippen molar-refractivity contribution in [1.29, 1.82) is 0 Å². The van der Waals surface area contributed by atoms with Crippen LogP contribution in [0.15, 0.2) is 54.7 Å². The molecule has 7 nitrogen and oxygen atoms in total. The molecule has 1 aromatic carbocycles. The number of nitrogens with one attached hydrogen (secondary N) is 2. The molecule has 4 N–H and O–H groups in total. The topological polar surface area (TPSA) is 93.2 Å². The van der Waals surface area contributed by atoms with Crippen LogP contribution in [0.4, 0.5) is 17.5 Å². The van der Waals surface area contributed by atoms with Gasteiger partial charge in [-0.1, -0.05) is 44.4 Å². The summed E-state index contributed by atoms with van der Waals surface area (Å²) in [6.07, 6.45) is 8.91. The molecule has 1 unspecified atom stereocenters. The Hall–Kier alpha value is -3.61. The standard InChI is InChI=1S/C27H33N7/c1-3-8-18(2)30-24-14-7-13-23-25(26(33-34(23)24)19-9-6-10-20(28)17-19)22-15-16-29-27(32-22)31-21-11-4-5-12-21/h6-7,9-10,13-18,21,30H,3-5,8,11-12,28H2,1-2H3,(H,29,31,32). The third-order valence-electron chi connectivity index (χ3n) is 6.53. The lowest BCUT2D eigenvalue weighted by Gasteiger charge is -2.15. The highest BCUT2D eigenvalue weighted by atomic mass is 15.3. The number of fused-ring (bicyclic) bond motifs is 1. The van der Waals surface area contributed by atoms with E-state index in [9.17, 15) is 0 Å². The molecule has 1 aliphatic rings. The molecular formula is C27H33N7. The first-order valence-electron chi connectivity index (χ1n) is 12.4. The summed E-state index contributed by atoms with van der Waals surface area (Å²) in [4.78, 5) is 9.44. The number of benzene rings is 1. The summed E-state index contributed by atoms with van der Waals surface area (Å²) in [5.74, 6) is 1.64. The maximum atomic E-state index is 6.14. The van der Waals surface area contributed by atoms with E-state index in [4.69, 9.17) is 15.8 Å². The number of hydrogen-bond donors (Lipinski definition) is 3. The summed E-state index contributed by atoms with van der Waals surface area (Å²) in [5.41, 5.74) is 11.5. The van der Waals surface area contributed by atoms with E-state index in [1.807, 2.05) is 41.0 Å². The van der Waals surface area contributed by atoms with E-state index < -0.39 is 0 Å². The molecule has 0 bridgehead atoms. The Kier molecular flexibility index (Phi) is 6.34. The Labute approximate surface area is 200 Å². The first kappa shape index (κ1) is 22.2. The number of nitrogen functional groups attached to an aromatic ring is 1. The predicted molar refractivity (Wildman–Crippen MR) is 140 cm³/mol. The molecule has 5 rings (SSSR count). The lowest BCUT2D eigenvalue weighted by atomic mass is 10.0. The summed E-state index contributed by atoms with van der Waals surface area (Å²) < 4.78 is 1.99. The van der Waals surface area contributed by atoms with Crippen molar-refractivity contribution in [2.45, 2.75) is 64.5 Å². The van der Waals surface area contributed by atoms with E-state index in [-0.39, 0.29) is 0 Å². The van der Waals surface area contributed by atoms with Gasteiger partial charge in [-0.2, -0.15) is 5.10 Å². The van der Waals surface area contributed by atoms with Gasteiger partial charge in [0, 0.05) is 29.5 Å². The zero-order valence-corrected chi connectivity index (χ0v) is 20.0. The van der Waals surface area contributed by atoms with Crippen molar-refractivity contribution in [2.75, 3.05) is 16.4 Å². The van der Waals surface area contributed by atoms with Gasteiger partial charge in [-0.25, -0.2) is 14.5 Å². The van der Waals surface area contributed by atoms with E-state index in [0.717, 1.165) is 46.7 Å². The second-order valence-corrected chi connectivity index (χ2v) is 9.28. The highest BCUT2D eigenvalue weighted by Crippen LogP contribution is 2.36. The minimum atomic E-state index is 0.348. The van der Waals surface area contributed by atoms with Crippen molar-refractivity contribution in [3.8, 4) is 22.5 Å². The molecule has 1 atom stereocenters. The van der Waals surface area contributed by atoms with E-state index in [1.54, 1.807) is 0 Å². The zero-order valence-electron chi connectivity index (χ0n) is 20.0. The number of anilines is 3. The van der Waals surface area contributed by atoms with Gasteiger partial charge in [0.05, 0.1) is 16.8 Å². The van der Waals surface area contributed by atoms with Crippen LogP contribution in [0.1, 0.15) is 52.4 Å². The minimum Gasteiger partial charge on any atom is -0.399 e. The Bertz CT molecular complexity index is 1270. The van der Waals surface area contributed by atoms with Crippen LogP contribution in [0, 0.1) is 0 Å². The van der Waals surface area contributed by atoms with Gasteiger partial charge in [-0.05, 0) is 56.5 Å². The third-order valence-corrected chi connectivity index (χ3v) is 6.53. The van der Waals surface area contributed by atoms with E-state index in [1.165, 1.54) is 25.7 Å². The van der Waals surface area contributed by atoms with Gasteiger partial charge < -0.3 is 16.4 Å². The Morgan fingerprint density at radius 2 is 1.94 bits per heavy atom. The van der Waals surface area contributed by atoms with Gasteiger partial charge in [0.15, 0.2) is 0 Å². The monoisotopic (exact) mass is 455 g/mol. The Morgan fingerprint density at radius 3 is 2.74 bits per heavy atom. The van der Waals surface area contributed by atoms with Crippen molar-refractivity contribution in [3.63, 3.8) is 0 Å². The molecule has 4 aromatic rings. The number of rotatable bonds is 8. The number of nitrogens with two attached hydrogens (primary N) is 1. The SMILES string of the molecule is CCCC(C)Nc1cccc2c(-c3ccnc(NC4CCCC4)n3)c(-c3cccc(N)c3)nn12. The number of aromatic nitrogens is 4. The summed E-state index contributed by atoms with van der Waals surface area (Å²) in [6, 6.07) is 16.9. The van der Waals surface area contributed by atoms with Gasteiger partial charge in [-0.15, -0.1) is 0 Å². The fourth-order valence-electron chi connectivity index (χ4n) is 4.90. The average Bonchev–Trinajstić information content (AvgIpc) is 3.48. The number of pyridine rings is 1. The molecule has 0 aliphatic heterocycles. The lowest BCUT2D eigenvalue weighted by molar-refractivity contribution is 0.683. The Morgan fingerprint density at radius 1 is 1.12 bits per heavy atom. The van der Waals surface area contributed by atoms with Crippen LogP contribution in [0.25, 0.3) is 28.0 Å². The molecule has 0 spiro atoms. The molecule has 3 heterocycles. The summed E-state index contributed by atoms with van der Waals surface area (Å²) in [7, 11) is 0. The highest BCUT2D eigenvalue weighted by Gasteiger charge is 2.21. The smallest absolute Gasteiger partial charge is 0.223 e. The molecule has 1 aliphatic carbocycles. The van der Waals surface area contributed by atoms with E-state index in [2.05, 4.69) is 47.7 Å². The Balaban J connectivity index is 1.64. The molecule has 3 aromatic heterocycles. The summed E-state index contributed by atoms with van der Waals surface area (Å²) in [6.45, 7) is 4.41. The zero-order chi connectivity index (χ0) is 23.5. The highest BCUT2D eigenvalue weighted by molar-refractivity contribution is 5.92. The minimum absolute atomic E-state index is 0.348. The van der Waals surface area contributed by atoms with Crippen LogP contribution in [-0.4, -0.2) is 31.7 Å². The molecule has 34 heavy (non-hydrogen) atoms. The van der Waals surface area contributed by atoms with Gasteiger partial charge in [-0.3, -0.25) is 0 Å². The molecule has 0 radical (unpaired) electrons. The third kappa shape index (κ3) is 4.55. The number of hydrogen-bond acceptors (Lipinski definition) is 6. The normalized spacial score (nSPS) is 15.0. The van der Waals surface area contributed by atoms with Crippen LogP contribution in [0.3, 0.4) is 0 Å². The van der Waals surface area contributed by atoms with Crippen molar-refractivity contribution in [3.05, 3.63) is 54.7 Å². The maximum absolute atomic E-state index is 6.14. The lowest BCUT2D eigenvalue weighted by Crippen LogP contribution is -2.17. The fraction of sp³-hybridized carbons (Fsp3) is 0.370. The van der Waals surface area contributed by atoms with Crippen molar-refractivity contribution in [2.24, 2.45) is 0 Å². The van der Waals surface area contributed by atoms with Gasteiger partial charge in [0.1, 0.15) is 11.5 Å². The van der Waals surface area contributed by atoms with Crippen molar-refractivity contribution in [1.82, 2.24) is 19.6 Å². The largest absolute Gasteiger partial charge is 0.399 e. The molecule has 0 amide bonds. The first-order valence-corrected chi connectivity index (χ1v) is 12.4. The molecular weight excluding hydrogens is 422 g/mol. The van der Waals surface area contributed by atoms with Crippen LogP contribution in [-0.2, 0) is 0 Å². The summed E-state index contributed by atoms with van der Waals surface area (Å²) >= 11 is 0. The van der Waals surface area contributed by atoms with E-state index >= 15 is 0 Å². The second-order valence-electron chi connectivity index (χ2n) is 9.28. The molecule has 7 heteroatoms. The molecule has 1 fully saturated rings. The van der Waals surface area contributed by atoms with Gasteiger partial charge in [0.25, 0.3) is 0 Å². The summed E-state index contributed by atoms with van der Waals surface area (Å²) in [5, 5.41) is 12.2. The predicted octanol–water partition coefficient (Wildman–Crippen LogP) is 6.00. The van der Waals surface area contributed by atoms with Gasteiger partial charge in [0.2, 0.25) is 5.95 Å². The molecule has 0 saturated heterocycles. The fourth-order valence-corrected chi connectivity index (χ4v) is 4.90. The van der Waals surface area contributed by atoms with Gasteiger partial charge >= 0.3 is 0 Å². The first-order chi connectivity index (χ1) is 16.6. The molecule has 1 saturated carbocycles. The van der Waals surface area contributed by atoms with Crippen LogP contribution in [0.2, 0.25) is 0 Å². The van der Waals surface area contributed by atoms with Crippen LogP contribution < -0.4 is 16.4 Å². The van der Waals surface area contributed by atoms with Crippen molar-refractivity contribution >= 4 is 23.0 Å². The molecule has 176 valence electrons. The van der Waals surface area contributed by atoms with Crippen LogP contribution in [0.5, 0.6) is 0 Å². The van der Waals surface area contributed by atoms with Crippen molar-refractivity contribution < 1.29 is 0 Å². The quantitative estimate of drug-likeness (QED) is 0.282. The average molecular weight is 456 g/mol. The number of nitrogens with zero attached hydrogens (tertiary/aromatic N) is 4. The van der Waals surface area contributed by atoms with E-state index in [0.29, 0.717) is 23.7 Å². The maximum Gasteiger partial charge on any atom is 0.223 e. The van der Waals surface area contributed by atoms with Crippen LogP contribution >= 0.6 is 0 Å². The second kappa shape index (κ2) is 9.71.